The Morgan fingerprint density at radius 3 is 3.07 bits per heavy atom. The Labute approximate surface area is 89.8 Å². The molecule has 3 N–H and O–H groups in total. The number of H-pyrrole nitrogens is 1. The van der Waals surface area contributed by atoms with Gasteiger partial charge in [-0.05, 0) is 12.1 Å². The average Bonchev–Trinajstić information content (AvgIpc) is 2.84. The average molecular weight is 216 g/mol. The van der Waals surface area contributed by atoms with Crippen molar-refractivity contribution in [3.63, 3.8) is 0 Å². The number of aromatic amines is 1. The molecule has 0 aliphatic rings. The minimum Gasteiger partial charge on any atom is -0.382 e. The number of thiazole rings is 1. The lowest BCUT2D eigenvalue weighted by Gasteiger charge is -1.98. The van der Waals surface area contributed by atoms with E-state index in [1.807, 2.05) is 18.5 Å². The number of nitrogen functional groups attached to an aromatic ring is 1. The van der Waals surface area contributed by atoms with Gasteiger partial charge in [0.2, 0.25) is 0 Å². The molecule has 15 heavy (non-hydrogen) atoms. The number of hydrogen-bond acceptors (Lipinski definition) is 4. The van der Waals surface area contributed by atoms with Crippen molar-refractivity contribution in [3.8, 4) is 10.4 Å². The second kappa shape index (κ2) is 3.06. The number of aromatic nitrogens is 3. The summed E-state index contributed by atoms with van der Waals surface area (Å²) < 4.78 is 0. The third-order valence-corrected chi connectivity index (χ3v) is 3.15. The molecule has 5 heteroatoms. The van der Waals surface area contributed by atoms with Crippen LogP contribution in [0.25, 0.3) is 21.5 Å². The minimum atomic E-state index is 0.566. The van der Waals surface area contributed by atoms with Gasteiger partial charge in [-0.15, -0.1) is 11.3 Å². The molecular weight excluding hydrogens is 208 g/mol. The van der Waals surface area contributed by atoms with Crippen LogP contribution in [0.15, 0.2) is 30.0 Å². The molecule has 0 fully saturated rings. The van der Waals surface area contributed by atoms with Crippen LogP contribution in [-0.2, 0) is 0 Å². The lowest BCUT2D eigenvalue weighted by molar-refractivity contribution is 1.33. The zero-order chi connectivity index (χ0) is 10.3. The predicted molar refractivity (Wildman–Crippen MR) is 61.6 cm³/mol. The monoisotopic (exact) mass is 216 g/mol. The second-order valence-electron chi connectivity index (χ2n) is 3.21. The van der Waals surface area contributed by atoms with E-state index in [0.717, 1.165) is 21.5 Å². The largest absolute Gasteiger partial charge is 0.382 e. The number of pyridine rings is 1. The molecule has 3 aromatic heterocycles. The smallest absolute Gasteiger partial charge is 0.142 e. The van der Waals surface area contributed by atoms with Gasteiger partial charge in [0.15, 0.2) is 0 Å². The van der Waals surface area contributed by atoms with E-state index in [-0.39, 0.29) is 0 Å². The van der Waals surface area contributed by atoms with Crippen molar-refractivity contribution in [2.75, 3.05) is 5.73 Å². The molecule has 0 spiro atoms. The highest BCUT2D eigenvalue weighted by Gasteiger charge is 2.06. The summed E-state index contributed by atoms with van der Waals surface area (Å²) in [4.78, 5) is 12.4. The van der Waals surface area contributed by atoms with Crippen LogP contribution < -0.4 is 5.73 Å². The molecule has 3 rings (SSSR count). The molecule has 0 amide bonds. The van der Waals surface area contributed by atoms with Crippen molar-refractivity contribution in [1.82, 2.24) is 15.0 Å². The van der Waals surface area contributed by atoms with Gasteiger partial charge in [-0.25, -0.2) is 9.97 Å². The van der Waals surface area contributed by atoms with Crippen LogP contribution in [0.3, 0.4) is 0 Å². The zero-order valence-corrected chi connectivity index (χ0v) is 8.58. The molecule has 3 heterocycles. The lowest BCUT2D eigenvalue weighted by atomic mass is 10.2. The molecule has 0 saturated heterocycles. The van der Waals surface area contributed by atoms with Gasteiger partial charge in [0.05, 0.1) is 10.4 Å². The first kappa shape index (κ1) is 8.43. The summed E-state index contributed by atoms with van der Waals surface area (Å²) in [5, 5.41) is 1.08. The Morgan fingerprint density at radius 2 is 2.27 bits per heavy atom. The fourth-order valence-corrected chi connectivity index (χ4v) is 2.23. The van der Waals surface area contributed by atoms with Gasteiger partial charge in [-0.1, -0.05) is 0 Å². The Hall–Kier alpha value is -1.88. The molecule has 0 radical (unpaired) electrons. The first-order valence-electron chi connectivity index (χ1n) is 4.47. The number of nitrogens with zero attached hydrogens (tertiary/aromatic N) is 2. The Kier molecular flexibility index (Phi) is 1.72. The van der Waals surface area contributed by atoms with E-state index < -0.39 is 0 Å². The van der Waals surface area contributed by atoms with E-state index in [0.29, 0.717) is 5.82 Å². The maximum absolute atomic E-state index is 5.76. The molecule has 0 unspecified atom stereocenters. The molecule has 74 valence electrons. The van der Waals surface area contributed by atoms with Crippen LogP contribution >= 0.6 is 11.3 Å². The fraction of sp³-hybridized carbons (Fsp3) is 0. The number of nitrogens with one attached hydrogen (secondary N) is 1. The number of nitrogens with two attached hydrogens (primary N) is 1. The van der Waals surface area contributed by atoms with Gasteiger partial charge in [-0.2, -0.15) is 0 Å². The summed E-state index contributed by atoms with van der Waals surface area (Å²) in [5.41, 5.74) is 9.40. The van der Waals surface area contributed by atoms with Gasteiger partial charge < -0.3 is 10.7 Å². The van der Waals surface area contributed by atoms with Crippen molar-refractivity contribution in [2.24, 2.45) is 0 Å². The molecule has 0 atom stereocenters. The van der Waals surface area contributed by atoms with Crippen molar-refractivity contribution in [2.45, 2.75) is 0 Å². The molecule has 0 bridgehead atoms. The normalized spacial score (nSPS) is 10.9. The summed E-state index contributed by atoms with van der Waals surface area (Å²) >= 11 is 1.53. The van der Waals surface area contributed by atoms with Gasteiger partial charge >= 0.3 is 0 Å². The molecule has 0 aromatic carbocycles. The van der Waals surface area contributed by atoms with Crippen LogP contribution in [0.2, 0.25) is 0 Å². The number of anilines is 1. The lowest BCUT2D eigenvalue weighted by Crippen LogP contribution is -1.87. The molecule has 3 aromatic rings. The van der Waals surface area contributed by atoms with Crippen LogP contribution in [-0.4, -0.2) is 15.0 Å². The highest BCUT2D eigenvalue weighted by atomic mass is 32.1. The van der Waals surface area contributed by atoms with Gasteiger partial charge in [0, 0.05) is 23.3 Å². The topological polar surface area (TPSA) is 67.6 Å². The third-order valence-electron chi connectivity index (χ3n) is 2.26. The number of rotatable bonds is 1. The predicted octanol–water partition coefficient (Wildman–Crippen LogP) is 2.27. The Balaban J connectivity index is 2.23. The quantitative estimate of drug-likeness (QED) is 0.655. The Bertz CT molecular complexity index is 610. The van der Waals surface area contributed by atoms with Crippen LogP contribution in [0.4, 0.5) is 5.82 Å². The van der Waals surface area contributed by atoms with E-state index in [9.17, 15) is 0 Å². The van der Waals surface area contributed by atoms with E-state index in [4.69, 9.17) is 5.73 Å². The third kappa shape index (κ3) is 1.28. The first-order chi connectivity index (χ1) is 7.34. The highest BCUT2D eigenvalue weighted by molar-refractivity contribution is 7.13. The van der Waals surface area contributed by atoms with Crippen LogP contribution in [0.5, 0.6) is 0 Å². The van der Waals surface area contributed by atoms with E-state index in [1.54, 1.807) is 5.51 Å². The van der Waals surface area contributed by atoms with E-state index in [2.05, 4.69) is 21.0 Å². The van der Waals surface area contributed by atoms with Crippen LogP contribution in [0, 0.1) is 0 Å². The van der Waals surface area contributed by atoms with Gasteiger partial charge in [0.25, 0.3) is 0 Å². The van der Waals surface area contributed by atoms with Crippen molar-refractivity contribution < 1.29 is 0 Å². The van der Waals surface area contributed by atoms with Crippen molar-refractivity contribution in [1.29, 1.82) is 0 Å². The summed E-state index contributed by atoms with van der Waals surface area (Å²) in [6, 6.07) is 4.05. The summed E-state index contributed by atoms with van der Waals surface area (Å²) in [7, 11) is 0. The highest BCUT2D eigenvalue weighted by Crippen LogP contribution is 2.30. The zero-order valence-electron chi connectivity index (χ0n) is 7.77. The minimum absolute atomic E-state index is 0.566. The fourth-order valence-electron chi connectivity index (χ4n) is 1.53. The summed E-state index contributed by atoms with van der Waals surface area (Å²) in [6.07, 6.45) is 3.68. The van der Waals surface area contributed by atoms with E-state index in [1.165, 1.54) is 11.3 Å². The molecular formula is C10H8N4S. The summed E-state index contributed by atoms with van der Waals surface area (Å²) in [6.45, 7) is 0. The maximum Gasteiger partial charge on any atom is 0.142 e. The molecule has 0 aliphatic heterocycles. The maximum atomic E-state index is 5.76. The van der Waals surface area contributed by atoms with Crippen molar-refractivity contribution >= 4 is 28.2 Å². The first-order valence-corrected chi connectivity index (χ1v) is 5.35. The SMILES string of the molecule is Nc1ncsc1-c1cnc2[nH]ccc2c1. The molecule has 0 saturated carbocycles. The molecule has 0 aliphatic carbocycles. The number of fused-ring (bicyclic) bond motifs is 1. The van der Waals surface area contributed by atoms with Crippen LogP contribution in [0.1, 0.15) is 0 Å². The van der Waals surface area contributed by atoms with E-state index >= 15 is 0 Å². The number of hydrogen-bond donors (Lipinski definition) is 2. The molecule has 4 nitrogen and oxygen atoms in total. The standard InChI is InChI=1S/C10H8N4S/c11-9-8(15-5-14-9)7-3-6-1-2-12-10(6)13-4-7/h1-5H,11H2,(H,12,13). The Morgan fingerprint density at radius 1 is 1.33 bits per heavy atom. The van der Waals surface area contributed by atoms with Crippen molar-refractivity contribution in [3.05, 3.63) is 30.0 Å². The summed E-state index contributed by atoms with van der Waals surface area (Å²) in [5.74, 6) is 0.566. The van der Waals surface area contributed by atoms with Gasteiger partial charge in [0.1, 0.15) is 11.5 Å². The van der Waals surface area contributed by atoms with Gasteiger partial charge in [-0.3, -0.25) is 0 Å². The second-order valence-corrected chi connectivity index (χ2v) is 4.06.